The summed E-state index contributed by atoms with van der Waals surface area (Å²) in [6, 6.07) is 9.10. The Hall–Kier alpha value is -2.40. The van der Waals surface area contributed by atoms with Gasteiger partial charge in [-0.25, -0.2) is 9.97 Å². The monoisotopic (exact) mass is 301 g/mol. The first kappa shape index (κ1) is 13.6. The molecule has 106 valence electrons. The zero-order valence-corrected chi connectivity index (χ0v) is 12.0. The van der Waals surface area contributed by atoms with Crippen molar-refractivity contribution in [2.45, 2.75) is 13.5 Å². The maximum Gasteiger partial charge on any atom is 0.323 e. The van der Waals surface area contributed by atoms with Crippen molar-refractivity contribution < 1.29 is 9.90 Å². The lowest BCUT2D eigenvalue weighted by atomic mass is 10.2. The van der Waals surface area contributed by atoms with E-state index >= 15 is 0 Å². The van der Waals surface area contributed by atoms with E-state index in [9.17, 15) is 4.79 Å². The molecule has 3 aromatic rings. The molecule has 0 saturated heterocycles. The van der Waals surface area contributed by atoms with E-state index in [1.807, 2.05) is 31.2 Å². The minimum absolute atomic E-state index is 0.215. The fourth-order valence-electron chi connectivity index (χ4n) is 2.24. The van der Waals surface area contributed by atoms with Crippen molar-refractivity contribution in [1.82, 2.24) is 14.5 Å². The summed E-state index contributed by atoms with van der Waals surface area (Å²) in [6.45, 7) is 1.70. The number of carbonyl (C=O) groups is 1. The summed E-state index contributed by atoms with van der Waals surface area (Å²) in [5.41, 5.74) is 2.85. The molecule has 0 radical (unpaired) electrons. The molecule has 1 aromatic carbocycles. The summed E-state index contributed by atoms with van der Waals surface area (Å²) in [6.07, 6.45) is 1.69. The first-order valence-electron chi connectivity index (χ1n) is 6.36. The van der Waals surface area contributed by atoms with Gasteiger partial charge in [0.2, 0.25) is 0 Å². The number of aliphatic carboxylic acids is 1. The van der Waals surface area contributed by atoms with E-state index in [4.69, 9.17) is 16.7 Å². The van der Waals surface area contributed by atoms with Crippen LogP contribution < -0.4 is 0 Å². The lowest BCUT2D eigenvalue weighted by Gasteiger charge is -2.07. The van der Waals surface area contributed by atoms with Crippen LogP contribution in [0.1, 0.15) is 5.56 Å². The fraction of sp³-hybridized carbons (Fsp3) is 0.133. The SMILES string of the molecule is Cc1cnc2c(c1)nc(-c1ccccc1Cl)n2CC(=O)O. The van der Waals surface area contributed by atoms with Gasteiger partial charge in [-0.2, -0.15) is 0 Å². The largest absolute Gasteiger partial charge is 0.480 e. The summed E-state index contributed by atoms with van der Waals surface area (Å²) in [5.74, 6) is -0.443. The lowest BCUT2D eigenvalue weighted by Crippen LogP contribution is -2.10. The van der Waals surface area contributed by atoms with Crippen LogP contribution in [0.25, 0.3) is 22.6 Å². The number of hydrogen-bond acceptors (Lipinski definition) is 3. The number of aryl methyl sites for hydroxylation is 1. The van der Waals surface area contributed by atoms with Gasteiger partial charge < -0.3 is 5.11 Å². The molecule has 0 spiro atoms. The number of pyridine rings is 1. The molecule has 0 fully saturated rings. The Balaban J connectivity index is 2.30. The van der Waals surface area contributed by atoms with Crippen molar-refractivity contribution >= 4 is 28.7 Å². The number of rotatable bonds is 3. The smallest absolute Gasteiger partial charge is 0.323 e. The van der Waals surface area contributed by atoms with Gasteiger partial charge in [0.25, 0.3) is 0 Å². The second-order valence-corrected chi connectivity index (χ2v) is 5.16. The third kappa shape index (κ3) is 2.48. The molecule has 21 heavy (non-hydrogen) atoms. The highest BCUT2D eigenvalue weighted by Gasteiger charge is 2.17. The summed E-state index contributed by atoms with van der Waals surface area (Å²) in [7, 11) is 0. The summed E-state index contributed by atoms with van der Waals surface area (Å²) in [4.78, 5) is 20.0. The van der Waals surface area contributed by atoms with Gasteiger partial charge in [0.1, 0.15) is 17.9 Å². The molecule has 0 saturated carbocycles. The molecule has 0 amide bonds. The Morgan fingerprint density at radius 3 is 2.86 bits per heavy atom. The van der Waals surface area contributed by atoms with Gasteiger partial charge in [0.05, 0.1) is 5.02 Å². The molecule has 0 unspecified atom stereocenters. The molecule has 0 atom stereocenters. The second kappa shape index (κ2) is 5.18. The third-order valence-corrected chi connectivity index (χ3v) is 3.46. The van der Waals surface area contributed by atoms with Crippen molar-refractivity contribution in [3.05, 3.63) is 47.1 Å². The normalized spacial score (nSPS) is 11.0. The highest BCUT2D eigenvalue weighted by Crippen LogP contribution is 2.29. The van der Waals surface area contributed by atoms with E-state index in [1.54, 1.807) is 16.8 Å². The van der Waals surface area contributed by atoms with Crippen LogP contribution in [-0.4, -0.2) is 25.6 Å². The number of hydrogen-bond donors (Lipinski definition) is 1. The van der Waals surface area contributed by atoms with Gasteiger partial charge in [-0.15, -0.1) is 0 Å². The maximum absolute atomic E-state index is 11.1. The minimum atomic E-state index is -0.954. The fourth-order valence-corrected chi connectivity index (χ4v) is 2.47. The molecule has 6 heteroatoms. The maximum atomic E-state index is 11.1. The number of carboxylic acids is 1. The van der Waals surface area contributed by atoms with E-state index in [0.717, 1.165) is 5.56 Å². The van der Waals surface area contributed by atoms with Crippen LogP contribution in [-0.2, 0) is 11.3 Å². The Bertz CT molecular complexity index is 842. The molecule has 1 N–H and O–H groups in total. The average Bonchev–Trinajstić information content (AvgIpc) is 2.76. The van der Waals surface area contributed by atoms with Crippen molar-refractivity contribution in [2.75, 3.05) is 0 Å². The number of aromatic nitrogens is 3. The molecular formula is C15H12ClN3O2. The molecular weight excluding hydrogens is 290 g/mol. The van der Waals surface area contributed by atoms with Gasteiger partial charge >= 0.3 is 5.97 Å². The zero-order valence-electron chi connectivity index (χ0n) is 11.2. The minimum Gasteiger partial charge on any atom is -0.480 e. The van der Waals surface area contributed by atoms with Gasteiger partial charge in [-0.05, 0) is 30.7 Å². The lowest BCUT2D eigenvalue weighted by molar-refractivity contribution is -0.137. The van der Waals surface area contributed by atoms with E-state index in [1.165, 1.54) is 0 Å². The highest BCUT2D eigenvalue weighted by atomic mass is 35.5. The van der Waals surface area contributed by atoms with Crippen molar-refractivity contribution in [2.24, 2.45) is 0 Å². The number of benzene rings is 1. The number of fused-ring (bicyclic) bond motifs is 1. The predicted molar refractivity (Wildman–Crippen MR) is 80.3 cm³/mol. The third-order valence-electron chi connectivity index (χ3n) is 3.13. The Labute approximate surface area is 125 Å². The Kier molecular flexibility index (Phi) is 3.35. The second-order valence-electron chi connectivity index (χ2n) is 4.75. The Morgan fingerprint density at radius 1 is 1.38 bits per heavy atom. The first-order valence-corrected chi connectivity index (χ1v) is 6.73. The zero-order chi connectivity index (χ0) is 15.0. The molecule has 2 aromatic heterocycles. The van der Waals surface area contributed by atoms with E-state index in [2.05, 4.69) is 9.97 Å². The van der Waals surface area contributed by atoms with Crippen LogP contribution in [0.5, 0.6) is 0 Å². The number of nitrogens with zero attached hydrogens (tertiary/aromatic N) is 3. The summed E-state index contributed by atoms with van der Waals surface area (Å²) in [5, 5.41) is 9.65. The van der Waals surface area contributed by atoms with Gasteiger partial charge in [0, 0.05) is 11.8 Å². The van der Waals surface area contributed by atoms with E-state index < -0.39 is 5.97 Å². The molecule has 0 bridgehead atoms. The number of imidazole rings is 1. The van der Waals surface area contributed by atoms with Crippen LogP contribution >= 0.6 is 11.6 Å². The van der Waals surface area contributed by atoms with Crippen molar-refractivity contribution in [3.63, 3.8) is 0 Å². The topological polar surface area (TPSA) is 68.0 Å². The van der Waals surface area contributed by atoms with Crippen LogP contribution in [0.4, 0.5) is 0 Å². The van der Waals surface area contributed by atoms with Crippen molar-refractivity contribution in [3.8, 4) is 11.4 Å². The molecule has 0 aliphatic carbocycles. The predicted octanol–water partition coefficient (Wildman–Crippen LogP) is 3.14. The molecule has 3 rings (SSSR count). The molecule has 2 heterocycles. The van der Waals surface area contributed by atoms with E-state index in [-0.39, 0.29) is 6.54 Å². The van der Waals surface area contributed by atoms with Gasteiger partial charge in [0.15, 0.2) is 5.65 Å². The summed E-state index contributed by atoms with van der Waals surface area (Å²) >= 11 is 6.20. The quantitative estimate of drug-likeness (QED) is 0.807. The molecule has 5 nitrogen and oxygen atoms in total. The average molecular weight is 302 g/mol. The van der Waals surface area contributed by atoms with Crippen LogP contribution in [0.2, 0.25) is 5.02 Å². The van der Waals surface area contributed by atoms with Crippen molar-refractivity contribution in [1.29, 1.82) is 0 Å². The van der Waals surface area contributed by atoms with Crippen LogP contribution in [0, 0.1) is 6.92 Å². The Morgan fingerprint density at radius 2 is 2.14 bits per heavy atom. The van der Waals surface area contributed by atoms with E-state index in [0.29, 0.717) is 27.6 Å². The first-order chi connectivity index (χ1) is 10.1. The summed E-state index contributed by atoms with van der Waals surface area (Å²) < 4.78 is 1.57. The standard InChI is InChI=1S/C15H12ClN3O2/c1-9-6-12-15(17-7-9)19(8-13(20)21)14(18-12)10-4-2-3-5-11(10)16/h2-7H,8H2,1H3,(H,20,21). The molecule has 0 aliphatic rings. The highest BCUT2D eigenvalue weighted by molar-refractivity contribution is 6.33. The van der Waals surface area contributed by atoms with Gasteiger partial charge in [-0.1, -0.05) is 23.7 Å². The van der Waals surface area contributed by atoms with Crippen LogP contribution in [0.15, 0.2) is 36.5 Å². The van der Waals surface area contributed by atoms with Crippen LogP contribution in [0.3, 0.4) is 0 Å². The van der Waals surface area contributed by atoms with Gasteiger partial charge in [-0.3, -0.25) is 9.36 Å². The number of carboxylic acid groups (broad SMARTS) is 1. The molecule has 0 aliphatic heterocycles. The number of halogens is 1.